The number of anilines is 2. The predicted molar refractivity (Wildman–Crippen MR) is 86.0 cm³/mol. The van der Waals surface area contributed by atoms with Gasteiger partial charge in [0.2, 0.25) is 5.91 Å². The first-order chi connectivity index (χ1) is 11.4. The zero-order chi connectivity index (χ0) is 17.7. The normalized spacial score (nSPS) is 10.2. The van der Waals surface area contributed by atoms with Gasteiger partial charge < -0.3 is 15.0 Å². The average molecular weight is 334 g/mol. The SMILES string of the molecule is COC(=O)c1ccc(NC(=O)CN(C)c2ccc(F)c(F)c2)cc1. The van der Waals surface area contributed by atoms with Gasteiger partial charge >= 0.3 is 5.97 Å². The molecule has 0 saturated heterocycles. The molecule has 0 aliphatic carbocycles. The number of methoxy groups -OCH3 is 1. The summed E-state index contributed by atoms with van der Waals surface area (Å²) in [4.78, 5) is 24.8. The first-order valence-electron chi connectivity index (χ1n) is 7.05. The molecule has 2 aromatic rings. The fourth-order valence-electron chi connectivity index (χ4n) is 2.04. The Kier molecular flexibility index (Phi) is 5.47. The number of ether oxygens (including phenoxy) is 1. The number of nitrogens with one attached hydrogen (secondary N) is 1. The molecule has 0 aromatic heterocycles. The third-order valence-corrected chi connectivity index (χ3v) is 3.31. The van der Waals surface area contributed by atoms with Crippen LogP contribution in [0.1, 0.15) is 10.4 Å². The standard InChI is InChI=1S/C17H16F2N2O3/c1-21(13-7-8-14(18)15(19)9-13)10-16(22)20-12-5-3-11(4-6-12)17(23)24-2/h3-9H,10H2,1-2H3,(H,20,22). The summed E-state index contributed by atoms with van der Waals surface area (Å²) in [7, 11) is 2.87. The van der Waals surface area contributed by atoms with Crippen LogP contribution in [0.3, 0.4) is 0 Å². The summed E-state index contributed by atoms with van der Waals surface area (Å²) in [5.74, 6) is -2.72. The van der Waals surface area contributed by atoms with Crippen molar-refractivity contribution in [1.82, 2.24) is 0 Å². The minimum Gasteiger partial charge on any atom is -0.465 e. The van der Waals surface area contributed by atoms with Gasteiger partial charge in [0, 0.05) is 24.5 Å². The van der Waals surface area contributed by atoms with E-state index in [0.717, 1.165) is 12.1 Å². The van der Waals surface area contributed by atoms with Gasteiger partial charge in [-0.3, -0.25) is 4.79 Å². The maximum Gasteiger partial charge on any atom is 0.337 e. The van der Waals surface area contributed by atoms with Crippen LogP contribution in [0.4, 0.5) is 20.2 Å². The molecule has 2 rings (SSSR count). The van der Waals surface area contributed by atoms with Gasteiger partial charge in [-0.2, -0.15) is 0 Å². The number of hydrogen-bond acceptors (Lipinski definition) is 4. The van der Waals surface area contributed by atoms with Crippen LogP contribution in [-0.2, 0) is 9.53 Å². The fourth-order valence-corrected chi connectivity index (χ4v) is 2.04. The number of carbonyl (C=O) groups is 2. The molecule has 24 heavy (non-hydrogen) atoms. The highest BCUT2D eigenvalue weighted by Gasteiger charge is 2.11. The van der Waals surface area contributed by atoms with E-state index in [1.165, 1.54) is 30.2 Å². The molecule has 0 bridgehead atoms. The van der Waals surface area contributed by atoms with Crippen LogP contribution < -0.4 is 10.2 Å². The number of likely N-dealkylation sites (N-methyl/N-ethyl adjacent to an activating group) is 1. The molecule has 0 heterocycles. The molecule has 0 aliphatic heterocycles. The van der Waals surface area contributed by atoms with Crippen molar-refractivity contribution in [1.29, 1.82) is 0 Å². The third-order valence-electron chi connectivity index (χ3n) is 3.31. The second-order valence-corrected chi connectivity index (χ2v) is 5.07. The van der Waals surface area contributed by atoms with Gasteiger partial charge in [-0.25, -0.2) is 13.6 Å². The number of rotatable bonds is 5. The van der Waals surface area contributed by atoms with Gasteiger partial charge in [-0.1, -0.05) is 0 Å². The largest absolute Gasteiger partial charge is 0.465 e. The van der Waals surface area contributed by atoms with E-state index in [4.69, 9.17) is 0 Å². The highest BCUT2D eigenvalue weighted by Crippen LogP contribution is 2.17. The van der Waals surface area contributed by atoms with E-state index in [9.17, 15) is 18.4 Å². The molecule has 7 heteroatoms. The third kappa shape index (κ3) is 4.28. The van der Waals surface area contributed by atoms with E-state index in [0.29, 0.717) is 16.9 Å². The lowest BCUT2D eigenvalue weighted by molar-refractivity contribution is -0.114. The molecule has 1 amide bonds. The molecule has 0 fully saturated rings. The Hall–Kier alpha value is -2.96. The molecule has 0 radical (unpaired) electrons. The van der Waals surface area contributed by atoms with E-state index in [2.05, 4.69) is 10.1 Å². The highest BCUT2D eigenvalue weighted by atomic mass is 19.2. The molecule has 0 unspecified atom stereocenters. The lowest BCUT2D eigenvalue weighted by Crippen LogP contribution is -2.30. The number of halogens is 2. The minimum absolute atomic E-state index is 0.0518. The molecule has 126 valence electrons. The second-order valence-electron chi connectivity index (χ2n) is 5.07. The van der Waals surface area contributed by atoms with Gasteiger partial charge in [0.05, 0.1) is 19.2 Å². The second kappa shape index (κ2) is 7.54. The summed E-state index contributed by atoms with van der Waals surface area (Å²) in [5.41, 5.74) is 1.26. The lowest BCUT2D eigenvalue weighted by atomic mass is 10.2. The van der Waals surface area contributed by atoms with E-state index in [1.807, 2.05) is 0 Å². The number of nitrogens with zero attached hydrogens (tertiary/aromatic N) is 1. The zero-order valence-corrected chi connectivity index (χ0v) is 13.2. The van der Waals surface area contributed by atoms with Crippen LogP contribution in [-0.4, -0.2) is 32.6 Å². The molecular formula is C17H16F2N2O3. The summed E-state index contributed by atoms with van der Waals surface area (Å²) < 4.78 is 30.7. The van der Waals surface area contributed by atoms with Crippen LogP contribution in [0.25, 0.3) is 0 Å². The highest BCUT2D eigenvalue weighted by molar-refractivity contribution is 5.95. The van der Waals surface area contributed by atoms with Gasteiger partial charge in [-0.15, -0.1) is 0 Å². The van der Waals surface area contributed by atoms with E-state index >= 15 is 0 Å². The van der Waals surface area contributed by atoms with Gasteiger partial charge in [0.25, 0.3) is 0 Å². The Morgan fingerprint density at radius 1 is 1.08 bits per heavy atom. The van der Waals surface area contributed by atoms with Crippen molar-refractivity contribution in [3.8, 4) is 0 Å². The van der Waals surface area contributed by atoms with Crippen LogP contribution >= 0.6 is 0 Å². The molecule has 0 atom stereocenters. The summed E-state index contributed by atoms with van der Waals surface area (Å²) >= 11 is 0. The quantitative estimate of drug-likeness (QED) is 0.854. The smallest absolute Gasteiger partial charge is 0.337 e. The van der Waals surface area contributed by atoms with Crippen LogP contribution in [0.15, 0.2) is 42.5 Å². The number of esters is 1. The van der Waals surface area contributed by atoms with Crippen molar-refractivity contribution < 1.29 is 23.1 Å². The summed E-state index contributed by atoms with van der Waals surface area (Å²) in [6, 6.07) is 9.61. The maximum absolute atomic E-state index is 13.2. The Morgan fingerprint density at radius 2 is 1.75 bits per heavy atom. The van der Waals surface area contributed by atoms with Gasteiger partial charge in [0.1, 0.15) is 0 Å². The molecule has 0 aliphatic rings. The number of carbonyl (C=O) groups excluding carboxylic acids is 2. The molecule has 5 nitrogen and oxygen atoms in total. The minimum atomic E-state index is -0.974. The van der Waals surface area contributed by atoms with Gasteiger partial charge in [0.15, 0.2) is 11.6 Å². The Labute approximate surface area is 137 Å². The number of hydrogen-bond donors (Lipinski definition) is 1. The first kappa shape index (κ1) is 17.4. The Morgan fingerprint density at radius 3 is 2.33 bits per heavy atom. The van der Waals surface area contributed by atoms with Crippen molar-refractivity contribution in [2.75, 3.05) is 30.9 Å². The van der Waals surface area contributed by atoms with Crippen molar-refractivity contribution in [3.05, 3.63) is 59.7 Å². The fraction of sp³-hybridized carbons (Fsp3) is 0.176. The zero-order valence-electron chi connectivity index (χ0n) is 13.2. The van der Waals surface area contributed by atoms with E-state index < -0.39 is 17.6 Å². The van der Waals surface area contributed by atoms with Crippen molar-refractivity contribution in [2.45, 2.75) is 0 Å². The number of benzene rings is 2. The molecule has 2 aromatic carbocycles. The van der Waals surface area contributed by atoms with Crippen LogP contribution in [0.5, 0.6) is 0 Å². The molecular weight excluding hydrogens is 318 g/mol. The van der Waals surface area contributed by atoms with Crippen molar-refractivity contribution >= 4 is 23.3 Å². The van der Waals surface area contributed by atoms with Gasteiger partial charge in [-0.05, 0) is 36.4 Å². The first-order valence-corrected chi connectivity index (χ1v) is 7.05. The summed E-state index contributed by atoms with van der Waals surface area (Å²) in [6.45, 7) is -0.0518. The number of amides is 1. The monoisotopic (exact) mass is 334 g/mol. The Bertz CT molecular complexity index is 748. The Balaban J connectivity index is 1.97. The van der Waals surface area contributed by atoms with E-state index in [-0.39, 0.29) is 12.5 Å². The maximum atomic E-state index is 13.2. The molecule has 0 saturated carbocycles. The lowest BCUT2D eigenvalue weighted by Gasteiger charge is -2.19. The summed E-state index contributed by atoms with van der Waals surface area (Å²) in [5, 5.41) is 2.65. The average Bonchev–Trinajstić information content (AvgIpc) is 2.57. The topological polar surface area (TPSA) is 58.6 Å². The molecule has 1 N–H and O–H groups in total. The van der Waals surface area contributed by atoms with E-state index in [1.54, 1.807) is 19.2 Å². The van der Waals surface area contributed by atoms with Crippen molar-refractivity contribution in [2.24, 2.45) is 0 Å². The van der Waals surface area contributed by atoms with Crippen LogP contribution in [0, 0.1) is 11.6 Å². The van der Waals surface area contributed by atoms with Crippen molar-refractivity contribution in [3.63, 3.8) is 0 Å². The summed E-state index contributed by atoms with van der Waals surface area (Å²) in [6.07, 6.45) is 0. The molecule has 0 spiro atoms. The van der Waals surface area contributed by atoms with Crippen LogP contribution in [0.2, 0.25) is 0 Å². The predicted octanol–water partition coefficient (Wildman–Crippen LogP) is 2.83.